The monoisotopic (exact) mass is 367 g/mol. The van der Waals surface area contributed by atoms with Crippen LogP contribution in [0, 0.1) is 16.0 Å². The molecule has 1 saturated heterocycles. The number of amides is 1. The number of hydrogen-bond donors (Lipinski definition) is 1. The van der Waals surface area contributed by atoms with Crippen molar-refractivity contribution >= 4 is 17.3 Å². The molecule has 142 valence electrons. The molecule has 1 heterocycles. The summed E-state index contributed by atoms with van der Waals surface area (Å²) in [5.74, 6) is 0.195. The molecular formula is C21H25N3O3. The fraction of sp³-hybridized carbons (Fsp3) is 0.381. The lowest BCUT2D eigenvalue weighted by Gasteiger charge is -2.32. The van der Waals surface area contributed by atoms with Crippen LogP contribution in [0.3, 0.4) is 0 Å². The largest absolute Gasteiger partial charge is 0.366 e. The zero-order valence-electron chi connectivity index (χ0n) is 15.7. The third-order valence-corrected chi connectivity index (χ3v) is 5.08. The molecule has 1 N–H and O–H groups in total. The molecule has 0 aliphatic carbocycles. The molecule has 6 nitrogen and oxygen atoms in total. The second-order valence-corrected chi connectivity index (χ2v) is 7.26. The Morgan fingerprint density at radius 1 is 1.26 bits per heavy atom. The second kappa shape index (κ2) is 8.20. The highest BCUT2D eigenvalue weighted by atomic mass is 16.6. The number of piperidine rings is 1. The Morgan fingerprint density at radius 2 is 2.00 bits per heavy atom. The highest BCUT2D eigenvalue weighted by molar-refractivity contribution is 5.96. The summed E-state index contributed by atoms with van der Waals surface area (Å²) in [6.07, 6.45) is 2.16. The fourth-order valence-electron chi connectivity index (χ4n) is 3.59. The van der Waals surface area contributed by atoms with Crippen molar-refractivity contribution in [1.29, 1.82) is 0 Å². The van der Waals surface area contributed by atoms with Crippen molar-refractivity contribution in [3.63, 3.8) is 0 Å². The van der Waals surface area contributed by atoms with Crippen molar-refractivity contribution in [1.82, 2.24) is 5.32 Å². The van der Waals surface area contributed by atoms with Crippen LogP contribution in [0.5, 0.6) is 0 Å². The van der Waals surface area contributed by atoms with Crippen molar-refractivity contribution in [2.75, 3.05) is 18.0 Å². The first kappa shape index (κ1) is 18.9. The molecule has 0 spiro atoms. The van der Waals surface area contributed by atoms with Crippen molar-refractivity contribution in [3.8, 4) is 0 Å². The van der Waals surface area contributed by atoms with Crippen LogP contribution in [0.2, 0.25) is 0 Å². The highest BCUT2D eigenvalue weighted by Crippen LogP contribution is 2.32. The molecule has 0 unspecified atom stereocenters. The number of nitro benzene ring substituents is 1. The van der Waals surface area contributed by atoms with Crippen molar-refractivity contribution < 1.29 is 9.72 Å². The summed E-state index contributed by atoms with van der Waals surface area (Å²) in [6.45, 7) is 5.66. The Balaban J connectivity index is 1.81. The molecule has 0 radical (unpaired) electrons. The lowest BCUT2D eigenvalue weighted by atomic mass is 9.99. The number of rotatable bonds is 5. The van der Waals surface area contributed by atoms with Crippen LogP contribution in [0.25, 0.3) is 0 Å². The van der Waals surface area contributed by atoms with Crippen molar-refractivity contribution in [2.24, 2.45) is 5.92 Å². The van der Waals surface area contributed by atoms with Crippen LogP contribution in [-0.2, 0) is 0 Å². The maximum Gasteiger partial charge on any atom is 0.293 e. The van der Waals surface area contributed by atoms with Gasteiger partial charge < -0.3 is 10.2 Å². The van der Waals surface area contributed by atoms with E-state index >= 15 is 0 Å². The van der Waals surface area contributed by atoms with Gasteiger partial charge in [-0.3, -0.25) is 14.9 Å². The number of anilines is 1. The molecule has 2 atom stereocenters. The summed E-state index contributed by atoms with van der Waals surface area (Å²) in [4.78, 5) is 25.9. The van der Waals surface area contributed by atoms with Gasteiger partial charge in [0, 0.05) is 24.7 Å². The van der Waals surface area contributed by atoms with E-state index in [1.165, 1.54) is 6.07 Å². The maximum absolute atomic E-state index is 12.6. The number of carbonyl (C=O) groups is 1. The lowest BCUT2D eigenvalue weighted by Crippen LogP contribution is -2.34. The molecule has 1 fully saturated rings. The van der Waals surface area contributed by atoms with Gasteiger partial charge >= 0.3 is 0 Å². The van der Waals surface area contributed by atoms with Gasteiger partial charge in [0.05, 0.1) is 11.0 Å². The minimum Gasteiger partial charge on any atom is -0.366 e. The molecule has 1 aliphatic rings. The Hall–Kier alpha value is -2.89. The Bertz CT molecular complexity index is 823. The molecule has 6 heteroatoms. The highest BCUT2D eigenvalue weighted by Gasteiger charge is 2.25. The number of nitrogens with one attached hydrogen (secondary N) is 1. The SMILES string of the molecule is C[C@@H]1CCCN(c2ccc(C(=O)N[C@@H](C)c3ccccc3)cc2[N+](=O)[O-])C1. The van der Waals surface area contributed by atoms with Gasteiger partial charge in [0.15, 0.2) is 0 Å². The summed E-state index contributed by atoms with van der Waals surface area (Å²) in [5.41, 5.74) is 1.88. The normalized spacial score (nSPS) is 18.0. The van der Waals surface area contributed by atoms with E-state index in [0.29, 0.717) is 17.2 Å². The average molecular weight is 367 g/mol. The summed E-state index contributed by atoms with van der Waals surface area (Å²) < 4.78 is 0. The number of nitrogens with zero attached hydrogens (tertiary/aromatic N) is 2. The van der Waals surface area contributed by atoms with E-state index in [2.05, 4.69) is 17.1 Å². The molecule has 2 aromatic carbocycles. The summed E-state index contributed by atoms with van der Waals surface area (Å²) in [6, 6.07) is 14.2. The summed E-state index contributed by atoms with van der Waals surface area (Å²) in [7, 11) is 0. The van der Waals surface area contributed by atoms with Crippen LogP contribution in [0.4, 0.5) is 11.4 Å². The van der Waals surface area contributed by atoms with Crippen LogP contribution in [0.1, 0.15) is 48.7 Å². The minimum absolute atomic E-state index is 0.0101. The molecular weight excluding hydrogens is 342 g/mol. The Kier molecular flexibility index (Phi) is 5.74. The zero-order chi connectivity index (χ0) is 19.4. The van der Waals surface area contributed by atoms with Crippen LogP contribution >= 0.6 is 0 Å². The van der Waals surface area contributed by atoms with Crippen LogP contribution in [-0.4, -0.2) is 23.9 Å². The second-order valence-electron chi connectivity index (χ2n) is 7.26. The smallest absolute Gasteiger partial charge is 0.293 e. The van der Waals surface area contributed by atoms with Gasteiger partial charge in [-0.25, -0.2) is 0 Å². The van der Waals surface area contributed by atoms with E-state index < -0.39 is 4.92 Å². The molecule has 2 aromatic rings. The predicted molar refractivity (Wildman–Crippen MR) is 106 cm³/mol. The number of carbonyl (C=O) groups excluding carboxylic acids is 1. The first-order valence-electron chi connectivity index (χ1n) is 9.35. The van der Waals surface area contributed by atoms with E-state index in [4.69, 9.17) is 0 Å². The summed E-state index contributed by atoms with van der Waals surface area (Å²) >= 11 is 0. The number of benzene rings is 2. The van der Waals surface area contributed by atoms with E-state index in [0.717, 1.165) is 31.5 Å². The zero-order valence-corrected chi connectivity index (χ0v) is 15.7. The molecule has 0 saturated carbocycles. The molecule has 0 bridgehead atoms. The summed E-state index contributed by atoms with van der Waals surface area (Å²) in [5, 5.41) is 14.5. The van der Waals surface area contributed by atoms with Crippen molar-refractivity contribution in [3.05, 3.63) is 69.8 Å². The first-order chi connectivity index (χ1) is 13.0. The number of hydrogen-bond acceptors (Lipinski definition) is 4. The third kappa shape index (κ3) is 4.45. The maximum atomic E-state index is 12.6. The first-order valence-corrected chi connectivity index (χ1v) is 9.35. The van der Waals surface area contributed by atoms with E-state index in [1.54, 1.807) is 12.1 Å². The van der Waals surface area contributed by atoms with E-state index in [-0.39, 0.29) is 17.6 Å². The van der Waals surface area contributed by atoms with Gasteiger partial charge in [0.25, 0.3) is 11.6 Å². The van der Waals surface area contributed by atoms with Gasteiger partial charge in [-0.05, 0) is 43.4 Å². The van der Waals surface area contributed by atoms with Crippen LogP contribution < -0.4 is 10.2 Å². The lowest BCUT2D eigenvalue weighted by molar-refractivity contribution is -0.384. The fourth-order valence-corrected chi connectivity index (χ4v) is 3.59. The van der Waals surface area contributed by atoms with Gasteiger partial charge in [-0.2, -0.15) is 0 Å². The van der Waals surface area contributed by atoms with Gasteiger partial charge in [-0.1, -0.05) is 37.3 Å². The quantitative estimate of drug-likeness (QED) is 0.631. The average Bonchev–Trinajstić information content (AvgIpc) is 2.68. The van der Waals surface area contributed by atoms with E-state index in [1.807, 2.05) is 37.3 Å². The molecule has 1 aliphatic heterocycles. The standard InChI is InChI=1S/C21H25N3O3/c1-15-7-6-12-23(14-15)19-11-10-18(13-20(19)24(26)27)21(25)22-16(2)17-8-4-3-5-9-17/h3-5,8-11,13,15-16H,6-7,12,14H2,1-2H3,(H,22,25)/t15-,16+/m1/s1. The van der Waals surface area contributed by atoms with E-state index in [9.17, 15) is 14.9 Å². The van der Waals surface area contributed by atoms with Gasteiger partial charge in [0.2, 0.25) is 0 Å². The molecule has 3 rings (SSSR count). The molecule has 0 aromatic heterocycles. The predicted octanol–water partition coefficient (Wildman–Crippen LogP) is 4.32. The molecule has 27 heavy (non-hydrogen) atoms. The molecule has 1 amide bonds. The Labute approximate surface area is 159 Å². The Morgan fingerprint density at radius 3 is 2.67 bits per heavy atom. The third-order valence-electron chi connectivity index (χ3n) is 5.08. The van der Waals surface area contributed by atoms with Crippen LogP contribution in [0.15, 0.2) is 48.5 Å². The van der Waals surface area contributed by atoms with Crippen molar-refractivity contribution in [2.45, 2.75) is 32.7 Å². The topological polar surface area (TPSA) is 75.5 Å². The van der Waals surface area contributed by atoms with Gasteiger partial charge in [0.1, 0.15) is 5.69 Å². The number of nitro groups is 1. The van der Waals surface area contributed by atoms with Gasteiger partial charge in [-0.15, -0.1) is 0 Å². The minimum atomic E-state index is -0.397.